The first-order chi connectivity index (χ1) is 10.2. The number of hydrogen-bond acceptors (Lipinski definition) is 5. The van der Waals surface area contributed by atoms with Crippen molar-refractivity contribution >= 4 is 49.9 Å². The molecule has 7 heteroatoms. The summed E-state index contributed by atoms with van der Waals surface area (Å²) in [5.41, 5.74) is 4.39. The lowest BCUT2D eigenvalue weighted by atomic mass is 10.2. The molecule has 1 heterocycles. The number of benzene rings is 2. The lowest BCUT2D eigenvalue weighted by Crippen LogP contribution is -2.05. The van der Waals surface area contributed by atoms with Gasteiger partial charge in [-0.05, 0) is 35.9 Å². The lowest BCUT2D eigenvalue weighted by molar-refractivity contribution is 0.306. The van der Waals surface area contributed by atoms with Crippen molar-refractivity contribution in [2.45, 2.75) is 6.61 Å². The highest BCUT2D eigenvalue weighted by Crippen LogP contribution is 2.29. The molecule has 0 unspecified atom stereocenters. The zero-order valence-electron chi connectivity index (χ0n) is 10.8. The van der Waals surface area contributed by atoms with Crippen LogP contribution in [0.15, 0.2) is 36.4 Å². The number of nitrogens with two attached hydrogens (primary N) is 1. The number of hydrazine groups is 1. The number of thiazole rings is 1. The number of hydrogen-bond donors (Lipinski definition) is 2. The molecule has 0 aliphatic carbocycles. The molecule has 0 aliphatic heterocycles. The van der Waals surface area contributed by atoms with E-state index in [0.717, 1.165) is 21.5 Å². The van der Waals surface area contributed by atoms with Gasteiger partial charge in [-0.3, -0.25) is 5.43 Å². The molecule has 0 aliphatic rings. The van der Waals surface area contributed by atoms with Gasteiger partial charge in [-0.25, -0.2) is 10.8 Å². The van der Waals surface area contributed by atoms with E-state index in [1.807, 2.05) is 24.3 Å². The van der Waals surface area contributed by atoms with E-state index >= 15 is 0 Å². The number of ether oxygens (including phenoxy) is 1. The maximum absolute atomic E-state index is 5.98. The van der Waals surface area contributed by atoms with E-state index in [4.69, 9.17) is 33.8 Å². The molecule has 0 spiro atoms. The normalized spacial score (nSPS) is 10.8. The molecule has 4 nitrogen and oxygen atoms in total. The molecule has 3 aromatic rings. The van der Waals surface area contributed by atoms with E-state index in [0.29, 0.717) is 21.8 Å². The van der Waals surface area contributed by atoms with E-state index in [2.05, 4.69) is 10.4 Å². The molecule has 0 amide bonds. The number of anilines is 1. The third-order valence-electron chi connectivity index (χ3n) is 2.87. The van der Waals surface area contributed by atoms with Gasteiger partial charge < -0.3 is 4.74 Å². The third-order valence-corrected chi connectivity index (χ3v) is 4.56. The number of aromatic nitrogens is 1. The third kappa shape index (κ3) is 3.22. The van der Waals surface area contributed by atoms with Crippen LogP contribution in [0.1, 0.15) is 5.56 Å². The molecule has 108 valence electrons. The predicted octanol–water partition coefficient (Wildman–Crippen LogP) is 4.47. The maximum atomic E-state index is 5.98. The van der Waals surface area contributed by atoms with Gasteiger partial charge >= 0.3 is 0 Å². The number of nitrogens with one attached hydrogen (secondary N) is 1. The van der Waals surface area contributed by atoms with E-state index in [-0.39, 0.29) is 0 Å². The van der Waals surface area contributed by atoms with Crippen molar-refractivity contribution in [2.24, 2.45) is 5.84 Å². The first kappa shape index (κ1) is 14.4. The summed E-state index contributed by atoms with van der Waals surface area (Å²) < 4.78 is 6.77. The summed E-state index contributed by atoms with van der Waals surface area (Å²) >= 11 is 13.3. The average Bonchev–Trinajstić information content (AvgIpc) is 2.90. The monoisotopic (exact) mass is 339 g/mol. The highest BCUT2D eigenvalue weighted by atomic mass is 35.5. The van der Waals surface area contributed by atoms with Gasteiger partial charge in [0.15, 0.2) is 5.13 Å². The summed E-state index contributed by atoms with van der Waals surface area (Å²) in [5.74, 6) is 6.12. The van der Waals surface area contributed by atoms with E-state index in [9.17, 15) is 0 Å². The van der Waals surface area contributed by atoms with Crippen molar-refractivity contribution in [1.29, 1.82) is 0 Å². The largest absolute Gasteiger partial charge is 0.489 e. The minimum atomic E-state index is 0.420. The van der Waals surface area contributed by atoms with Crippen LogP contribution in [0.25, 0.3) is 10.2 Å². The van der Waals surface area contributed by atoms with Crippen molar-refractivity contribution in [3.05, 3.63) is 52.0 Å². The van der Waals surface area contributed by atoms with Gasteiger partial charge in [0.2, 0.25) is 0 Å². The summed E-state index contributed by atoms with van der Waals surface area (Å²) in [4.78, 5) is 4.31. The molecule has 0 atom stereocenters. The Bertz CT molecular complexity index is 791. The van der Waals surface area contributed by atoms with E-state index in [1.165, 1.54) is 11.3 Å². The Balaban J connectivity index is 1.76. The second-order valence-corrected chi connectivity index (χ2v) is 6.18. The minimum absolute atomic E-state index is 0.420. The van der Waals surface area contributed by atoms with Crippen LogP contribution in [0.4, 0.5) is 5.13 Å². The zero-order chi connectivity index (χ0) is 14.8. The highest BCUT2D eigenvalue weighted by molar-refractivity contribution is 7.22. The Kier molecular flexibility index (Phi) is 4.17. The summed E-state index contributed by atoms with van der Waals surface area (Å²) in [7, 11) is 0. The van der Waals surface area contributed by atoms with Crippen LogP contribution >= 0.6 is 34.5 Å². The molecule has 0 saturated heterocycles. The van der Waals surface area contributed by atoms with Crippen molar-refractivity contribution in [3.8, 4) is 5.75 Å². The second kappa shape index (κ2) is 6.07. The Morgan fingerprint density at radius 3 is 2.76 bits per heavy atom. The van der Waals surface area contributed by atoms with Crippen LogP contribution in [-0.2, 0) is 6.61 Å². The van der Waals surface area contributed by atoms with Gasteiger partial charge in [0.1, 0.15) is 12.4 Å². The van der Waals surface area contributed by atoms with Gasteiger partial charge in [0, 0.05) is 0 Å². The van der Waals surface area contributed by atoms with Crippen LogP contribution in [-0.4, -0.2) is 4.98 Å². The summed E-state index contributed by atoms with van der Waals surface area (Å²) in [6.45, 7) is 0.420. The Hall–Kier alpha value is -1.53. The van der Waals surface area contributed by atoms with Crippen molar-refractivity contribution in [3.63, 3.8) is 0 Å². The first-order valence-corrected chi connectivity index (χ1v) is 7.67. The van der Waals surface area contributed by atoms with Crippen LogP contribution < -0.4 is 16.0 Å². The minimum Gasteiger partial charge on any atom is -0.489 e. The van der Waals surface area contributed by atoms with Crippen LogP contribution in [0, 0.1) is 0 Å². The molecular formula is C14H11Cl2N3OS. The topological polar surface area (TPSA) is 60.2 Å². The van der Waals surface area contributed by atoms with E-state index < -0.39 is 0 Å². The summed E-state index contributed by atoms with van der Waals surface area (Å²) in [6, 6.07) is 11.2. The van der Waals surface area contributed by atoms with Crippen LogP contribution in [0.2, 0.25) is 10.0 Å². The Labute approximate surface area is 135 Å². The number of rotatable bonds is 4. The Morgan fingerprint density at radius 2 is 2.00 bits per heavy atom. The molecule has 3 N–H and O–H groups in total. The lowest BCUT2D eigenvalue weighted by Gasteiger charge is -2.07. The molecule has 0 radical (unpaired) electrons. The smallest absolute Gasteiger partial charge is 0.198 e. The number of nitrogen functional groups attached to an aromatic ring is 1. The zero-order valence-corrected chi connectivity index (χ0v) is 13.1. The fourth-order valence-corrected chi connectivity index (χ4v) is 2.98. The van der Waals surface area contributed by atoms with Crippen molar-refractivity contribution in [2.75, 3.05) is 5.43 Å². The quantitative estimate of drug-likeness (QED) is 0.543. The molecule has 0 fully saturated rings. The van der Waals surface area contributed by atoms with Crippen molar-refractivity contribution in [1.82, 2.24) is 4.98 Å². The van der Waals surface area contributed by atoms with Gasteiger partial charge in [-0.2, -0.15) is 0 Å². The maximum Gasteiger partial charge on any atom is 0.198 e. The summed E-state index contributed by atoms with van der Waals surface area (Å²) in [6.07, 6.45) is 0. The molecule has 21 heavy (non-hydrogen) atoms. The highest BCUT2D eigenvalue weighted by Gasteiger charge is 2.05. The van der Waals surface area contributed by atoms with Crippen molar-refractivity contribution < 1.29 is 4.74 Å². The van der Waals surface area contributed by atoms with Gasteiger partial charge in [0.05, 0.1) is 20.3 Å². The number of halogens is 2. The molecule has 0 saturated carbocycles. The number of fused-ring (bicyclic) bond motifs is 1. The van der Waals surface area contributed by atoms with Gasteiger partial charge in [-0.1, -0.05) is 40.6 Å². The first-order valence-electron chi connectivity index (χ1n) is 6.09. The predicted molar refractivity (Wildman–Crippen MR) is 88.2 cm³/mol. The average molecular weight is 340 g/mol. The molecular weight excluding hydrogens is 329 g/mol. The van der Waals surface area contributed by atoms with E-state index in [1.54, 1.807) is 12.1 Å². The van der Waals surface area contributed by atoms with Gasteiger partial charge in [-0.15, -0.1) is 0 Å². The van der Waals surface area contributed by atoms with Gasteiger partial charge in [0.25, 0.3) is 0 Å². The molecule has 1 aromatic heterocycles. The number of nitrogens with zero attached hydrogens (tertiary/aromatic N) is 1. The Morgan fingerprint density at radius 1 is 1.14 bits per heavy atom. The van der Waals surface area contributed by atoms with Crippen LogP contribution in [0.5, 0.6) is 5.75 Å². The molecule has 2 aromatic carbocycles. The molecule has 0 bridgehead atoms. The second-order valence-electron chi connectivity index (χ2n) is 4.33. The standard InChI is InChI=1S/C14H11Cl2N3OS/c15-10-3-1-8(5-11(10)16)7-20-9-2-4-12-13(6-9)21-14(18-12)19-17/h1-6H,7,17H2,(H,18,19). The molecule has 3 rings (SSSR count). The SMILES string of the molecule is NNc1nc2ccc(OCc3ccc(Cl)c(Cl)c3)cc2s1. The fraction of sp³-hybridized carbons (Fsp3) is 0.0714. The summed E-state index contributed by atoms with van der Waals surface area (Å²) in [5, 5.41) is 1.73. The van der Waals surface area contributed by atoms with Crippen LogP contribution in [0.3, 0.4) is 0 Å². The fourth-order valence-electron chi connectivity index (χ4n) is 1.85.